The second kappa shape index (κ2) is 6.64. The monoisotopic (exact) mass is 300 g/mol. The molecule has 0 saturated carbocycles. The van der Waals surface area contributed by atoms with Gasteiger partial charge >= 0.3 is 0 Å². The molecule has 0 aliphatic carbocycles. The van der Waals surface area contributed by atoms with Gasteiger partial charge in [-0.2, -0.15) is 0 Å². The van der Waals surface area contributed by atoms with Crippen molar-refractivity contribution in [3.63, 3.8) is 0 Å². The molecule has 4 nitrogen and oxygen atoms in total. The predicted molar refractivity (Wildman–Crippen MR) is 77.6 cm³/mol. The van der Waals surface area contributed by atoms with Crippen LogP contribution in [0.3, 0.4) is 0 Å². The van der Waals surface area contributed by atoms with Crippen molar-refractivity contribution in [2.24, 2.45) is 0 Å². The highest BCUT2D eigenvalue weighted by atomic mass is 31.2. The van der Waals surface area contributed by atoms with E-state index >= 15 is 0 Å². The van der Waals surface area contributed by atoms with E-state index in [1.807, 2.05) is 30.3 Å². The molecule has 2 aromatic rings. The second-order valence-electron chi connectivity index (χ2n) is 4.56. The van der Waals surface area contributed by atoms with Gasteiger partial charge in [-0.1, -0.05) is 66.5 Å². The van der Waals surface area contributed by atoms with E-state index in [0.717, 1.165) is 5.56 Å². The van der Waals surface area contributed by atoms with Gasteiger partial charge in [0.15, 0.2) is 5.78 Å². The highest BCUT2D eigenvalue weighted by molar-refractivity contribution is 7.52. The van der Waals surface area contributed by atoms with Crippen molar-refractivity contribution >= 4 is 19.5 Å². The molecule has 0 spiro atoms. The molecular formula is C16H13O4P-2. The van der Waals surface area contributed by atoms with E-state index in [0.29, 0.717) is 23.4 Å². The van der Waals surface area contributed by atoms with Gasteiger partial charge in [0.2, 0.25) is 0 Å². The number of hydrogen-bond acceptors (Lipinski definition) is 4. The first kappa shape index (κ1) is 15.4. The van der Waals surface area contributed by atoms with Crippen LogP contribution in [0.4, 0.5) is 0 Å². The molecule has 2 aromatic carbocycles. The second-order valence-corrected chi connectivity index (χ2v) is 5.94. The van der Waals surface area contributed by atoms with E-state index in [-0.39, 0.29) is 5.78 Å². The van der Waals surface area contributed by atoms with E-state index in [2.05, 4.69) is 0 Å². The molecule has 0 aliphatic heterocycles. The third kappa shape index (κ3) is 5.12. The van der Waals surface area contributed by atoms with Crippen LogP contribution < -0.4 is 9.79 Å². The summed E-state index contributed by atoms with van der Waals surface area (Å²) in [5.74, 6) is 0.600. The summed E-state index contributed by atoms with van der Waals surface area (Å²) in [7, 11) is -4.66. The fourth-order valence-corrected chi connectivity index (χ4v) is 2.20. The number of hydrogen-bond donors (Lipinski definition) is 0. The van der Waals surface area contributed by atoms with Crippen LogP contribution in [0, 0.1) is 0 Å². The van der Waals surface area contributed by atoms with Crippen molar-refractivity contribution in [1.29, 1.82) is 0 Å². The molecule has 108 valence electrons. The summed E-state index contributed by atoms with van der Waals surface area (Å²) in [5, 5.41) is 0. The average molecular weight is 300 g/mol. The minimum absolute atomic E-state index is 0.0185. The first-order chi connectivity index (χ1) is 9.94. The zero-order valence-corrected chi connectivity index (χ0v) is 12.0. The first-order valence-electron chi connectivity index (χ1n) is 6.32. The van der Waals surface area contributed by atoms with E-state index in [1.54, 1.807) is 24.3 Å². The minimum atomic E-state index is -4.66. The van der Waals surface area contributed by atoms with Gasteiger partial charge in [-0.15, -0.1) is 0 Å². The van der Waals surface area contributed by atoms with Crippen LogP contribution in [0.25, 0.3) is 6.08 Å². The summed E-state index contributed by atoms with van der Waals surface area (Å²) in [6, 6.07) is 15.8. The predicted octanol–water partition coefficient (Wildman–Crippen LogP) is 2.00. The maximum absolute atomic E-state index is 12.1. The Kier molecular flexibility index (Phi) is 4.86. The first-order valence-corrected chi connectivity index (χ1v) is 7.93. The Balaban J connectivity index is 2.07. The fourth-order valence-electron chi connectivity index (χ4n) is 1.84. The summed E-state index contributed by atoms with van der Waals surface area (Å²) in [6.45, 7) is 0. The van der Waals surface area contributed by atoms with Crippen molar-refractivity contribution in [3.8, 4) is 0 Å². The molecule has 0 radical (unpaired) electrons. The van der Waals surface area contributed by atoms with Gasteiger partial charge in [0.1, 0.15) is 0 Å². The van der Waals surface area contributed by atoms with E-state index < -0.39 is 7.60 Å². The van der Waals surface area contributed by atoms with Gasteiger partial charge < -0.3 is 14.4 Å². The van der Waals surface area contributed by atoms with Crippen molar-refractivity contribution in [1.82, 2.24) is 0 Å². The Morgan fingerprint density at radius 3 is 2.19 bits per heavy atom. The molecule has 0 aromatic heterocycles. The third-order valence-corrected chi connectivity index (χ3v) is 3.40. The van der Waals surface area contributed by atoms with E-state index in [9.17, 15) is 19.1 Å². The number of carbonyl (C=O) groups excluding carboxylic acids is 1. The zero-order chi connectivity index (χ0) is 15.3. The van der Waals surface area contributed by atoms with Gasteiger partial charge in [-0.25, -0.2) is 0 Å². The van der Waals surface area contributed by atoms with Gasteiger partial charge in [0, 0.05) is 12.0 Å². The van der Waals surface area contributed by atoms with E-state index in [1.165, 1.54) is 6.08 Å². The number of carbonyl (C=O) groups is 1. The smallest absolute Gasteiger partial charge is 0.167 e. The van der Waals surface area contributed by atoms with Crippen molar-refractivity contribution in [2.75, 3.05) is 0 Å². The molecule has 0 aliphatic rings. The molecule has 0 fully saturated rings. The van der Waals surface area contributed by atoms with Crippen molar-refractivity contribution in [3.05, 3.63) is 77.1 Å². The summed E-state index contributed by atoms with van der Waals surface area (Å²) >= 11 is 0. The molecule has 5 heteroatoms. The maximum atomic E-state index is 12.1. The topological polar surface area (TPSA) is 80.3 Å². The number of Topliss-reactive ketones (excluding diaryl/α,β-unsaturated/α-hetero) is 1. The van der Waals surface area contributed by atoms with Crippen molar-refractivity contribution < 1.29 is 19.1 Å². The molecule has 0 saturated heterocycles. The van der Waals surface area contributed by atoms with Crippen LogP contribution >= 0.6 is 7.60 Å². The van der Waals surface area contributed by atoms with Gasteiger partial charge in [0.05, 0.1) is 0 Å². The Labute approximate surface area is 122 Å². The maximum Gasteiger partial charge on any atom is 0.167 e. The summed E-state index contributed by atoms with van der Waals surface area (Å²) in [6.07, 6.45) is 1.53. The normalized spacial score (nSPS) is 11.7. The van der Waals surface area contributed by atoms with Crippen LogP contribution in [0.1, 0.15) is 21.5 Å². The molecule has 0 heterocycles. The molecule has 0 N–H and O–H groups in total. The summed E-state index contributed by atoms with van der Waals surface area (Å²) < 4.78 is 10.5. The Hall–Kier alpha value is -2.00. The number of rotatable bonds is 5. The molecule has 2 rings (SSSR count). The summed E-state index contributed by atoms with van der Waals surface area (Å²) in [5.41, 5.74) is 2.03. The Bertz CT molecular complexity index is 684. The summed E-state index contributed by atoms with van der Waals surface area (Å²) in [4.78, 5) is 33.1. The van der Waals surface area contributed by atoms with Crippen LogP contribution in [0.15, 0.2) is 60.4 Å². The lowest BCUT2D eigenvalue weighted by Crippen LogP contribution is -2.10. The minimum Gasteiger partial charge on any atom is -0.808 e. The van der Waals surface area contributed by atoms with Crippen LogP contribution in [-0.4, -0.2) is 5.78 Å². The SMILES string of the molecule is O=C(Cc1ccccc1)c1ccc(/C=C/P(=O)([O-])[O-])cc1. The van der Waals surface area contributed by atoms with Gasteiger partial charge in [-0.3, -0.25) is 4.79 Å². The molecule has 21 heavy (non-hydrogen) atoms. The van der Waals surface area contributed by atoms with Crippen molar-refractivity contribution in [2.45, 2.75) is 6.42 Å². The number of ketones is 1. The standard InChI is InChI=1S/C16H15O4P/c17-16(12-14-4-2-1-3-5-14)15-8-6-13(7-9-15)10-11-21(18,19)20/h1-11H,12H2,(H2,18,19,20)/p-2/b11-10+. The van der Waals surface area contributed by atoms with Crippen LogP contribution in [0.5, 0.6) is 0 Å². The lowest BCUT2D eigenvalue weighted by atomic mass is 10.0. The van der Waals surface area contributed by atoms with Gasteiger partial charge in [-0.05, 0) is 18.7 Å². The molecule has 0 amide bonds. The quantitative estimate of drug-likeness (QED) is 0.625. The fraction of sp³-hybridized carbons (Fsp3) is 0.0625. The lowest BCUT2D eigenvalue weighted by molar-refractivity contribution is -0.308. The highest BCUT2D eigenvalue weighted by Gasteiger charge is 2.06. The highest BCUT2D eigenvalue weighted by Crippen LogP contribution is 2.26. The molecule has 0 atom stereocenters. The van der Waals surface area contributed by atoms with Crippen LogP contribution in [0.2, 0.25) is 0 Å². The van der Waals surface area contributed by atoms with Crippen LogP contribution in [-0.2, 0) is 11.0 Å². The Morgan fingerprint density at radius 2 is 1.62 bits per heavy atom. The lowest BCUT2D eigenvalue weighted by Gasteiger charge is -2.24. The third-order valence-electron chi connectivity index (χ3n) is 2.89. The van der Waals surface area contributed by atoms with E-state index in [4.69, 9.17) is 0 Å². The Morgan fingerprint density at radius 1 is 1.00 bits per heavy atom. The average Bonchev–Trinajstić information content (AvgIpc) is 2.46. The molecular weight excluding hydrogens is 287 g/mol. The number of benzene rings is 2. The zero-order valence-electron chi connectivity index (χ0n) is 11.1. The molecule has 0 unspecified atom stereocenters. The molecule has 0 bridgehead atoms. The largest absolute Gasteiger partial charge is 0.808 e. The van der Waals surface area contributed by atoms with Gasteiger partial charge in [0.25, 0.3) is 0 Å².